The van der Waals surface area contributed by atoms with Crippen LogP contribution in [0.15, 0.2) is 36.4 Å². The third-order valence-corrected chi connectivity index (χ3v) is 3.99. The molecule has 0 bridgehead atoms. The summed E-state index contributed by atoms with van der Waals surface area (Å²) in [6.45, 7) is 5.30. The van der Waals surface area contributed by atoms with Gasteiger partial charge in [-0.2, -0.15) is 0 Å². The van der Waals surface area contributed by atoms with E-state index in [1.165, 1.54) is 4.88 Å². The van der Waals surface area contributed by atoms with E-state index in [9.17, 15) is 0 Å². The van der Waals surface area contributed by atoms with Gasteiger partial charge in [0.1, 0.15) is 6.61 Å². The van der Waals surface area contributed by atoms with Gasteiger partial charge in [-0.05, 0) is 37.6 Å². The summed E-state index contributed by atoms with van der Waals surface area (Å²) in [5.74, 6) is 1.54. The van der Waals surface area contributed by atoms with Crippen LogP contribution in [0.2, 0.25) is 0 Å². The molecule has 2 N–H and O–H groups in total. The van der Waals surface area contributed by atoms with Crippen LogP contribution in [0.4, 0.5) is 0 Å². The van der Waals surface area contributed by atoms with Crippen LogP contribution >= 0.6 is 11.3 Å². The van der Waals surface area contributed by atoms with Crippen LogP contribution in [0.25, 0.3) is 0 Å². The topological polar surface area (TPSA) is 44.5 Å². The summed E-state index contributed by atoms with van der Waals surface area (Å²) >= 11 is 1.71. The van der Waals surface area contributed by atoms with Crippen molar-refractivity contribution in [2.45, 2.75) is 26.3 Å². The number of ether oxygens (including phenoxy) is 2. The largest absolute Gasteiger partial charge is 0.490 e. The normalized spacial score (nSPS) is 12.2. The maximum Gasteiger partial charge on any atom is 0.161 e. The highest BCUT2D eigenvalue weighted by molar-refractivity contribution is 7.12. The lowest BCUT2D eigenvalue weighted by Gasteiger charge is -2.15. The van der Waals surface area contributed by atoms with Gasteiger partial charge in [-0.3, -0.25) is 0 Å². The van der Waals surface area contributed by atoms with Crippen molar-refractivity contribution >= 4 is 11.3 Å². The molecule has 1 aromatic heterocycles. The van der Waals surface area contributed by atoms with Gasteiger partial charge in [-0.25, -0.2) is 0 Å². The molecule has 0 aliphatic carbocycles. The second-order valence-electron chi connectivity index (χ2n) is 4.66. The van der Waals surface area contributed by atoms with E-state index in [2.05, 4.69) is 26.0 Å². The summed E-state index contributed by atoms with van der Waals surface area (Å²) in [6.07, 6.45) is 0.975. The molecule has 1 atom stereocenters. The Balaban J connectivity index is 1.96. The second-order valence-corrected chi connectivity index (χ2v) is 5.98. The van der Waals surface area contributed by atoms with Gasteiger partial charge in [-0.15, -0.1) is 11.3 Å². The molecule has 0 aliphatic rings. The Kier molecular flexibility index (Phi) is 5.44. The molecule has 2 rings (SSSR count). The summed E-state index contributed by atoms with van der Waals surface area (Å²) in [5, 5.41) is 0. The maximum absolute atomic E-state index is 6.15. The van der Waals surface area contributed by atoms with Gasteiger partial charge in [0, 0.05) is 9.75 Å². The third-order valence-electron chi connectivity index (χ3n) is 2.86. The Bertz CT molecular complexity index is 539. The minimum Gasteiger partial charge on any atom is -0.490 e. The van der Waals surface area contributed by atoms with E-state index < -0.39 is 0 Å². The number of hydrogen-bond acceptors (Lipinski definition) is 4. The van der Waals surface area contributed by atoms with E-state index >= 15 is 0 Å². The summed E-state index contributed by atoms with van der Waals surface area (Å²) in [4.78, 5) is 2.41. The highest BCUT2D eigenvalue weighted by Crippen LogP contribution is 2.28. The highest BCUT2D eigenvalue weighted by Gasteiger charge is 2.11. The van der Waals surface area contributed by atoms with Crippen molar-refractivity contribution in [3.05, 3.63) is 46.2 Å². The van der Waals surface area contributed by atoms with Gasteiger partial charge < -0.3 is 15.2 Å². The predicted octanol–water partition coefficient (Wildman–Crippen LogP) is 3.92. The van der Waals surface area contributed by atoms with Gasteiger partial charge in [-0.1, -0.05) is 19.1 Å². The van der Waals surface area contributed by atoms with Crippen LogP contribution < -0.4 is 15.2 Å². The smallest absolute Gasteiger partial charge is 0.161 e. The van der Waals surface area contributed by atoms with Gasteiger partial charge in [0.05, 0.1) is 12.6 Å². The molecule has 0 radical (unpaired) electrons. The lowest BCUT2D eigenvalue weighted by Crippen LogP contribution is -2.18. The van der Waals surface area contributed by atoms with Gasteiger partial charge >= 0.3 is 0 Å². The monoisotopic (exact) mass is 291 g/mol. The molecule has 0 amide bonds. The first-order valence-corrected chi connectivity index (χ1v) is 7.69. The van der Waals surface area contributed by atoms with Crippen molar-refractivity contribution in [2.75, 3.05) is 13.2 Å². The van der Waals surface area contributed by atoms with Crippen molar-refractivity contribution in [1.29, 1.82) is 0 Å². The summed E-state index contributed by atoms with van der Waals surface area (Å²) in [6, 6.07) is 11.8. The van der Waals surface area contributed by atoms with E-state index in [-0.39, 0.29) is 6.04 Å². The fourth-order valence-electron chi connectivity index (χ4n) is 1.82. The first kappa shape index (κ1) is 14.9. The molecule has 108 valence electrons. The van der Waals surface area contributed by atoms with Crippen molar-refractivity contribution in [1.82, 2.24) is 0 Å². The molecule has 1 aromatic carbocycles. The third kappa shape index (κ3) is 3.99. The zero-order chi connectivity index (χ0) is 14.4. The minimum absolute atomic E-state index is 0.104. The van der Waals surface area contributed by atoms with E-state index in [0.717, 1.165) is 22.8 Å². The van der Waals surface area contributed by atoms with Crippen molar-refractivity contribution in [2.24, 2.45) is 5.73 Å². The molecule has 3 nitrogen and oxygen atoms in total. The van der Waals surface area contributed by atoms with Crippen LogP contribution in [0.3, 0.4) is 0 Å². The number of hydrogen-bond donors (Lipinski definition) is 1. The standard InChI is InChI=1S/C16H21NO2S/c1-3-10-18-14-6-4-5-7-15(14)19-11-13(17)16-9-8-12(2)20-16/h4-9,13H,3,10-11,17H2,1-2H3. The lowest BCUT2D eigenvalue weighted by atomic mass is 10.2. The average molecular weight is 291 g/mol. The molecular formula is C16H21NO2S. The second kappa shape index (κ2) is 7.31. The number of rotatable bonds is 7. The number of benzene rings is 1. The molecule has 1 heterocycles. The van der Waals surface area contributed by atoms with E-state index in [1.54, 1.807) is 11.3 Å². The summed E-state index contributed by atoms with van der Waals surface area (Å²) in [7, 11) is 0. The minimum atomic E-state index is -0.104. The molecular weight excluding hydrogens is 270 g/mol. The first-order chi connectivity index (χ1) is 9.70. The van der Waals surface area contributed by atoms with Crippen molar-refractivity contribution < 1.29 is 9.47 Å². The molecule has 0 saturated carbocycles. The fourth-order valence-corrected chi connectivity index (χ4v) is 2.68. The lowest BCUT2D eigenvalue weighted by molar-refractivity contribution is 0.256. The molecule has 4 heteroatoms. The van der Waals surface area contributed by atoms with E-state index in [4.69, 9.17) is 15.2 Å². The zero-order valence-corrected chi connectivity index (χ0v) is 12.8. The molecule has 2 aromatic rings. The molecule has 0 saturated heterocycles. The van der Waals surface area contributed by atoms with Crippen LogP contribution in [0, 0.1) is 6.92 Å². The molecule has 0 aliphatic heterocycles. The van der Waals surface area contributed by atoms with Crippen LogP contribution in [0.1, 0.15) is 29.1 Å². The van der Waals surface area contributed by atoms with Gasteiger partial charge in [0.2, 0.25) is 0 Å². The van der Waals surface area contributed by atoms with Crippen LogP contribution in [-0.4, -0.2) is 13.2 Å². The average Bonchev–Trinajstić information content (AvgIpc) is 2.90. The predicted molar refractivity (Wildman–Crippen MR) is 83.7 cm³/mol. The Labute approximate surface area is 124 Å². The zero-order valence-electron chi connectivity index (χ0n) is 12.0. The fraction of sp³-hybridized carbons (Fsp3) is 0.375. The Morgan fingerprint density at radius 1 is 1.10 bits per heavy atom. The van der Waals surface area contributed by atoms with Crippen molar-refractivity contribution in [3.8, 4) is 11.5 Å². The van der Waals surface area contributed by atoms with Crippen molar-refractivity contribution in [3.63, 3.8) is 0 Å². The molecule has 0 spiro atoms. The Morgan fingerprint density at radius 2 is 1.80 bits per heavy atom. The molecule has 1 unspecified atom stereocenters. The Morgan fingerprint density at radius 3 is 2.40 bits per heavy atom. The number of nitrogens with two attached hydrogens (primary N) is 1. The highest BCUT2D eigenvalue weighted by atomic mass is 32.1. The summed E-state index contributed by atoms with van der Waals surface area (Å²) in [5.41, 5.74) is 6.15. The van der Waals surface area contributed by atoms with E-state index in [1.807, 2.05) is 24.3 Å². The number of para-hydroxylation sites is 2. The number of thiophene rings is 1. The van der Waals surface area contributed by atoms with Gasteiger partial charge in [0.15, 0.2) is 11.5 Å². The number of aryl methyl sites for hydroxylation is 1. The molecule has 0 fully saturated rings. The quantitative estimate of drug-likeness (QED) is 0.840. The van der Waals surface area contributed by atoms with Crippen LogP contribution in [0.5, 0.6) is 11.5 Å². The van der Waals surface area contributed by atoms with E-state index in [0.29, 0.717) is 13.2 Å². The maximum atomic E-state index is 6.15. The summed E-state index contributed by atoms with van der Waals surface area (Å²) < 4.78 is 11.5. The first-order valence-electron chi connectivity index (χ1n) is 6.87. The van der Waals surface area contributed by atoms with Crippen LogP contribution in [-0.2, 0) is 0 Å². The van der Waals surface area contributed by atoms with Gasteiger partial charge in [0.25, 0.3) is 0 Å². The SMILES string of the molecule is CCCOc1ccccc1OCC(N)c1ccc(C)s1. The Hall–Kier alpha value is -1.52. The molecule has 20 heavy (non-hydrogen) atoms.